The first kappa shape index (κ1) is 6.55. The summed E-state index contributed by atoms with van der Waals surface area (Å²) in [5.74, 6) is 0.335. The van der Waals surface area contributed by atoms with Gasteiger partial charge < -0.3 is 11.1 Å². The molecule has 0 heterocycles. The van der Waals surface area contributed by atoms with E-state index in [0.29, 0.717) is 0 Å². The van der Waals surface area contributed by atoms with Crippen molar-refractivity contribution in [2.75, 3.05) is 7.05 Å². The second-order valence-corrected chi connectivity index (χ2v) is 2.54. The Morgan fingerprint density at radius 1 is 1.67 bits per heavy atom. The van der Waals surface area contributed by atoms with E-state index in [-0.39, 0.29) is 17.9 Å². The van der Waals surface area contributed by atoms with E-state index in [1.165, 1.54) is 0 Å². The molecule has 0 unspecified atom stereocenters. The van der Waals surface area contributed by atoms with E-state index in [1.54, 1.807) is 7.05 Å². The fourth-order valence-electron chi connectivity index (χ4n) is 1.08. The van der Waals surface area contributed by atoms with Crippen LogP contribution in [0.1, 0.15) is 12.8 Å². The van der Waals surface area contributed by atoms with Crippen LogP contribution < -0.4 is 11.1 Å². The first-order chi connectivity index (χ1) is 4.24. The van der Waals surface area contributed by atoms with Gasteiger partial charge in [0, 0.05) is 19.0 Å². The molecule has 0 saturated heterocycles. The van der Waals surface area contributed by atoms with Crippen LogP contribution in [0.3, 0.4) is 0 Å². The van der Waals surface area contributed by atoms with Gasteiger partial charge in [0.2, 0.25) is 5.91 Å². The van der Waals surface area contributed by atoms with E-state index in [1.807, 2.05) is 0 Å². The minimum absolute atomic E-state index is 0.136. The molecule has 0 radical (unpaired) electrons. The largest absolute Gasteiger partial charge is 0.359 e. The highest BCUT2D eigenvalue weighted by atomic mass is 16.1. The zero-order valence-corrected chi connectivity index (χ0v) is 5.55. The van der Waals surface area contributed by atoms with E-state index in [0.717, 1.165) is 12.8 Å². The first-order valence-electron chi connectivity index (χ1n) is 3.21. The molecule has 1 rings (SSSR count). The summed E-state index contributed by atoms with van der Waals surface area (Å²) in [7, 11) is 1.66. The Hall–Kier alpha value is -0.570. The van der Waals surface area contributed by atoms with Crippen LogP contribution in [-0.2, 0) is 4.79 Å². The zero-order chi connectivity index (χ0) is 6.85. The number of nitrogens with one attached hydrogen (secondary N) is 1. The zero-order valence-electron chi connectivity index (χ0n) is 5.55. The van der Waals surface area contributed by atoms with Crippen LogP contribution in [0.5, 0.6) is 0 Å². The number of rotatable bonds is 1. The molecular formula is C6H12N2O. The number of hydrogen-bond donors (Lipinski definition) is 2. The van der Waals surface area contributed by atoms with Gasteiger partial charge >= 0.3 is 0 Å². The molecule has 0 aromatic rings. The summed E-state index contributed by atoms with van der Waals surface area (Å²) in [5, 5.41) is 2.59. The van der Waals surface area contributed by atoms with Crippen molar-refractivity contribution in [2.24, 2.45) is 11.7 Å². The molecule has 0 aromatic carbocycles. The molecule has 3 heteroatoms. The Morgan fingerprint density at radius 3 is 2.56 bits per heavy atom. The molecular weight excluding hydrogens is 116 g/mol. The molecule has 1 fully saturated rings. The number of carbonyl (C=O) groups is 1. The lowest BCUT2D eigenvalue weighted by Gasteiger charge is -2.30. The monoisotopic (exact) mass is 128 g/mol. The predicted octanol–water partition coefficient (Wildman–Crippen LogP) is -0.530. The van der Waals surface area contributed by atoms with Crippen LogP contribution >= 0.6 is 0 Å². The lowest BCUT2D eigenvalue weighted by atomic mass is 9.80. The lowest BCUT2D eigenvalue weighted by molar-refractivity contribution is -0.127. The third kappa shape index (κ3) is 1.21. The minimum Gasteiger partial charge on any atom is -0.359 e. The maximum Gasteiger partial charge on any atom is 0.222 e. The minimum atomic E-state index is 0.136. The topological polar surface area (TPSA) is 55.1 Å². The molecule has 0 aromatic heterocycles. The SMILES string of the molecule is CNC(=O)C1CC(N)C1. The van der Waals surface area contributed by atoms with Gasteiger partial charge in [0.15, 0.2) is 0 Å². The summed E-state index contributed by atoms with van der Waals surface area (Å²) in [5.41, 5.74) is 5.48. The fraction of sp³-hybridized carbons (Fsp3) is 0.833. The van der Waals surface area contributed by atoms with Crippen molar-refractivity contribution >= 4 is 5.91 Å². The van der Waals surface area contributed by atoms with E-state index >= 15 is 0 Å². The van der Waals surface area contributed by atoms with Crippen LogP contribution in [-0.4, -0.2) is 19.0 Å². The van der Waals surface area contributed by atoms with Crippen molar-refractivity contribution in [3.8, 4) is 0 Å². The molecule has 1 aliphatic rings. The van der Waals surface area contributed by atoms with Gasteiger partial charge in [-0.3, -0.25) is 4.79 Å². The Morgan fingerprint density at radius 2 is 2.22 bits per heavy atom. The molecule has 3 N–H and O–H groups in total. The average Bonchev–Trinajstić information content (AvgIpc) is 1.79. The summed E-state index contributed by atoms with van der Waals surface area (Å²) in [6.45, 7) is 0. The molecule has 0 atom stereocenters. The van der Waals surface area contributed by atoms with E-state index < -0.39 is 0 Å². The van der Waals surface area contributed by atoms with Crippen LogP contribution in [0.4, 0.5) is 0 Å². The maximum atomic E-state index is 10.8. The summed E-state index contributed by atoms with van der Waals surface area (Å²) < 4.78 is 0. The predicted molar refractivity (Wildman–Crippen MR) is 34.8 cm³/mol. The van der Waals surface area contributed by atoms with Crippen LogP contribution in [0.2, 0.25) is 0 Å². The highest BCUT2D eigenvalue weighted by Gasteiger charge is 2.30. The molecule has 3 nitrogen and oxygen atoms in total. The number of carbonyl (C=O) groups excluding carboxylic acids is 1. The molecule has 52 valence electrons. The van der Waals surface area contributed by atoms with Gasteiger partial charge in [-0.2, -0.15) is 0 Å². The van der Waals surface area contributed by atoms with Crippen molar-refractivity contribution in [3.63, 3.8) is 0 Å². The summed E-state index contributed by atoms with van der Waals surface area (Å²) in [4.78, 5) is 10.8. The second kappa shape index (κ2) is 2.35. The van der Waals surface area contributed by atoms with Gasteiger partial charge in [0.25, 0.3) is 0 Å². The third-order valence-electron chi connectivity index (χ3n) is 1.79. The summed E-state index contributed by atoms with van der Waals surface area (Å²) >= 11 is 0. The van der Waals surface area contributed by atoms with Gasteiger partial charge in [-0.05, 0) is 12.8 Å². The van der Waals surface area contributed by atoms with Gasteiger partial charge in [-0.1, -0.05) is 0 Å². The molecule has 0 aliphatic heterocycles. The van der Waals surface area contributed by atoms with Crippen molar-refractivity contribution in [1.29, 1.82) is 0 Å². The highest BCUT2D eigenvalue weighted by molar-refractivity contribution is 5.79. The van der Waals surface area contributed by atoms with Crippen molar-refractivity contribution < 1.29 is 4.79 Å². The fourth-order valence-corrected chi connectivity index (χ4v) is 1.08. The quantitative estimate of drug-likeness (QED) is 0.498. The normalized spacial score (nSPS) is 33.1. The highest BCUT2D eigenvalue weighted by Crippen LogP contribution is 2.24. The molecule has 0 spiro atoms. The van der Waals surface area contributed by atoms with Crippen LogP contribution in [0.25, 0.3) is 0 Å². The first-order valence-corrected chi connectivity index (χ1v) is 3.21. The van der Waals surface area contributed by atoms with E-state index in [4.69, 9.17) is 5.73 Å². The number of nitrogens with two attached hydrogens (primary N) is 1. The Bertz CT molecular complexity index is 118. The molecule has 1 amide bonds. The number of hydrogen-bond acceptors (Lipinski definition) is 2. The summed E-state index contributed by atoms with van der Waals surface area (Å²) in [6, 6.07) is 0.271. The Kier molecular flexibility index (Phi) is 1.71. The van der Waals surface area contributed by atoms with Crippen molar-refractivity contribution in [3.05, 3.63) is 0 Å². The average molecular weight is 128 g/mol. The third-order valence-corrected chi connectivity index (χ3v) is 1.79. The lowest BCUT2D eigenvalue weighted by Crippen LogP contribution is -2.44. The van der Waals surface area contributed by atoms with Crippen molar-refractivity contribution in [1.82, 2.24) is 5.32 Å². The van der Waals surface area contributed by atoms with Gasteiger partial charge in [-0.25, -0.2) is 0 Å². The van der Waals surface area contributed by atoms with Gasteiger partial charge in [-0.15, -0.1) is 0 Å². The maximum absolute atomic E-state index is 10.8. The molecule has 1 saturated carbocycles. The Labute approximate surface area is 54.6 Å². The molecule has 0 bridgehead atoms. The van der Waals surface area contributed by atoms with Gasteiger partial charge in [0.05, 0.1) is 0 Å². The van der Waals surface area contributed by atoms with Crippen LogP contribution in [0, 0.1) is 5.92 Å². The Balaban J connectivity index is 2.23. The molecule has 1 aliphatic carbocycles. The smallest absolute Gasteiger partial charge is 0.222 e. The number of amides is 1. The van der Waals surface area contributed by atoms with Gasteiger partial charge in [0.1, 0.15) is 0 Å². The standard InChI is InChI=1S/C6H12N2O/c1-8-6(9)4-2-5(7)3-4/h4-5H,2-3,7H2,1H3,(H,8,9). The summed E-state index contributed by atoms with van der Waals surface area (Å²) in [6.07, 6.45) is 1.72. The van der Waals surface area contributed by atoms with E-state index in [9.17, 15) is 4.79 Å². The van der Waals surface area contributed by atoms with Crippen molar-refractivity contribution in [2.45, 2.75) is 18.9 Å². The molecule has 9 heavy (non-hydrogen) atoms. The van der Waals surface area contributed by atoms with Crippen LogP contribution in [0.15, 0.2) is 0 Å². The second-order valence-electron chi connectivity index (χ2n) is 2.54. The van der Waals surface area contributed by atoms with E-state index in [2.05, 4.69) is 5.32 Å².